The number of sulfonamides is 1. The topological polar surface area (TPSA) is 104 Å². The van der Waals surface area contributed by atoms with Gasteiger partial charge < -0.3 is 10.2 Å². The summed E-state index contributed by atoms with van der Waals surface area (Å²) in [7, 11) is -3.58. The molecule has 0 spiro atoms. The van der Waals surface area contributed by atoms with Crippen molar-refractivity contribution >= 4 is 22.1 Å². The Hall–Kier alpha value is -1.70. The summed E-state index contributed by atoms with van der Waals surface area (Å²) >= 11 is 0. The molecule has 0 bridgehead atoms. The molecular formula is C12H15NO5S. The summed E-state index contributed by atoms with van der Waals surface area (Å²) in [6.07, 6.45) is 2.69. The van der Waals surface area contributed by atoms with E-state index < -0.39 is 16.0 Å². The van der Waals surface area contributed by atoms with Crippen LogP contribution >= 0.6 is 0 Å². The molecule has 1 rings (SSSR count). The molecule has 19 heavy (non-hydrogen) atoms. The van der Waals surface area contributed by atoms with Crippen molar-refractivity contribution in [2.75, 3.05) is 13.2 Å². The summed E-state index contributed by atoms with van der Waals surface area (Å²) in [5, 5.41) is 17.0. The van der Waals surface area contributed by atoms with E-state index in [1.54, 1.807) is 0 Å². The number of nitrogens with one attached hydrogen (secondary N) is 1. The molecule has 0 unspecified atom stereocenters. The van der Waals surface area contributed by atoms with Crippen LogP contribution in [0.2, 0.25) is 0 Å². The summed E-state index contributed by atoms with van der Waals surface area (Å²) in [6, 6.07) is 5.81. The second-order valence-electron chi connectivity index (χ2n) is 3.72. The first kappa shape index (κ1) is 15.4. The summed E-state index contributed by atoms with van der Waals surface area (Å²) < 4.78 is 25.9. The van der Waals surface area contributed by atoms with Crippen molar-refractivity contribution in [3.8, 4) is 0 Å². The van der Waals surface area contributed by atoms with Crippen LogP contribution in [0, 0.1) is 0 Å². The first-order valence-corrected chi connectivity index (χ1v) is 7.05. The Morgan fingerprint density at radius 1 is 1.26 bits per heavy atom. The van der Waals surface area contributed by atoms with Crippen LogP contribution in [0.1, 0.15) is 12.0 Å². The first-order chi connectivity index (χ1) is 8.95. The fourth-order valence-corrected chi connectivity index (χ4v) is 2.37. The minimum atomic E-state index is -3.58. The summed E-state index contributed by atoms with van der Waals surface area (Å²) in [5.74, 6) is -1.07. The van der Waals surface area contributed by atoms with E-state index >= 15 is 0 Å². The number of hydrogen-bond acceptors (Lipinski definition) is 4. The maximum atomic E-state index is 11.8. The number of carboxylic acids is 1. The van der Waals surface area contributed by atoms with Gasteiger partial charge in [-0.3, -0.25) is 0 Å². The van der Waals surface area contributed by atoms with E-state index in [0.717, 1.165) is 6.08 Å². The van der Waals surface area contributed by atoms with Crippen molar-refractivity contribution in [1.82, 2.24) is 4.72 Å². The molecule has 3 N–H and O–H groups in total. The van der Waals surface area contributed by atoms with Gasteiger partial charge in [0.05, 0.1) is 4.90 Å². The number of carbonyl (C=O) groups is 1. The Bertz CT molecular complexity index is 548. The van der Waals surface area contributed by atoms with Gasteiger partial charge in [-0.2, -0.15) is 0 Å². The predicted molar refractivity (Wildman–Crippen MR) is 70.0 cm³/mol. The smallest absolute Gasteiger partial charge is 0.328 e. The van der Waals surface area contributed by atoms with E-state index in [9.17, 15) is 13.2 Å². The van der Waals surface area contributed by atoms with Crippen LogP contribution in [0.4, 0.5) is 0 Å². The molecule has 0 aliphatic rings. The second-order valence-corrected chi connectivity index (χ2v) is 5.48. The van der Waals surface area contributed by atoms with Gasteiger partial charge in [-0.15, -0.1) is 0 Å². The van der Waals surface area contributed by atoms with Crippen LogP contribution in [0.3, 0.4) is 0 Å². The van der Waals surface area contributed by atoms with E-state index in [1.165, 1.54) is 30.3 Å². The third-order valence-corrected chi connectivity index (χ3v) is 3.71. The zero-order chi connectivity index (χ0) is 14.3. The molecule has 0 aliphatic carbocycles. The van der Waals surface area contributed by atoms with E-state index in [1.807, 2.05) is 0 Å². The van der Waals surface area contributed by atoms with Gasteiger partial charge in [0, 0.05) is 19.2 Å². The highest BCUT2D eigenvalue weighted by Gasteiger charge is 2.12. The lowest BCUT2D eigenvalue weighted by Crippen LogP contribution is -2.25. The Kier molecular flexibility index (Phi) is 5.68. The highest BCUT2D eigenvalue weighted by Crippen LogP contribution is 2.11. The molecule has 104 valence electrons. The van der Waals surface area contributed by atoms with Crippen molar-refractivity contribution < 1.29 is 23.4 Å². The summed E-state index contributed by atoms with van der Waals surface area (Å²) in [4.78, 5) is 10.4. The second kappa shape index (κ2) is 7.03. The highest BCUT2D eigenvalue weighted by atomic mass is 32.2. The largest absolute Gasteiger partial charge is 0.478 e. The third kappa shape index (κ3) is 5.21. The monoisotopic (exact) mass is 285 g/mol. The van der Waals surface area contributed by atoms with Crippen molar-refractivity contribution in [3.63, 3.8) is 0 Å². The van der Waals surface area contributed by atoms with Gasteiger partial charge in [0.2, 0.25) is 10.0 Å². The van der Waals surface area contributed by atoms with E-state index in [-0.39, 0.29) is 18.0 Å². The number of hydrogen-bond donors (Lipinski definition) is 3. The molecule has 0 atom stereocenters. The molecule has 0 aromatic heterocycles. The minimum absolute atomic E-state index is 0.0819. The Labute approximate surface area is 111 Å². The number of carboxylic acid groups (broad SMARTS) is 1. The SMILES string of the molecule is O=C(O)/C=C/c1ccc(S(=O)(=O)NCCCO)cc1. The molecule has 0 heterocycles. The van der Waals surface area contributed by atoms with E-state index in [4.69, 9.17) is 10.2 Å². The summed E-state index contributed by atoms with van der Waals surface area (Å²) in [6.45, 7) is 0.0843. The number of benzene rings is 1. The summed E-state index contributed by atoms with van der Waals surface area (Å²) in [5.41, 5.74) is 0.594. The Morgan fingerprint density at radius 2 is 1.89 bits per heavy atom. The molecule has 0 saturated carbocycles. The van der Waals surface area contributed by atoms with Crippen molar-refractivity contribution in [1.29, 1.82) is 0 Å². The molecule has 0 fully saturated rings. The van der Waals surface area contributed by atoms with E-state index in [2.05, 4.69) is 4.72 Å². The predicted octanol–water partition coefficient (Wildman–Crippen LogP) is 0.445. The van der Waals surface area contributed by atoms with Gasteiger partial charge in [-0.1, -0.05) is 12.1 Å². The van der Waals surface area contributed by atoms with Crippen molar-refractivity contribution in [2.24, 2.45) is 0 Å². The number of aliphatic carboxylic acids is 1. The average Bonchev–Trinajstić information content (AvgIpc) is 2.37. The lowest BCUT2D eigenvalue weighted by atomic mass is 10.2. The van der Waals surface area contributed by atoms with Crippen LogP contribution in [0.15, 0.2) is 35.2 Å². The normalized spacial score (nSPS) is 11.8. The molecule has 0 aliphatic heterocycles. The van der Waals surface area contributed by atoms with Gasteiger partial charge >= 0.3 is 5.97 Å². The molecule has 0 radical (unpaired) electrons. The van der Waals surface area contributed by atoms with Crippen LogP contribution in [0.5, 0.6) is 0 Å². The average molecular weight is 285 g/mol. The first-order valence-electron chi connectivity index (χ1n) is 5.57. The zero-order valence-corrected chi connectivity index (χ0v) is 10.9. The maximum absolute atomic E-state index is 11.8. The molecule has 6 nitrogen and oxygen atoms in total. The Morgan fingerprint density at radius 3 is 2.42 bits per heavy atom. The molecule has 1 aromatic carbocycles. The maximum Gasteiger partial charge on any atom is 0.328 e. The molecule has 7 heteroatoms. The number of aliphatic hydroxyl groups is 1. The van der Waals surface area contributed by atoms with Crippen molar-refractivity contribution in [3.05, 3.63) is 35.9 Å². The fraction of sp³-hybridized carbons (Fsp3) is 0.250. The van der Waals surface area contributed by atoms with Gasteiger partial charge in [-0.05, 0) is 30.2 Å². The van der Waals surface area contributed by atoms with Crippen molar-refractivity contribution in [2.45, 2.75) is 11.3 Å². The van der Waals surface area contributed by atoms with Gasteiger partial charge in [0.25, 0.3) is 0 Å². The number of aliphatic hydroxyl groups excluding tert-OH is 1. The van der Waals surface area contributed by atoms with Crippen LogP contribution in [-0.2, 0) is 14.8 Å². The van der Waals surface area contributed by atoms with Gasteiger partial charge in [0.1, 0.15) is 0 Å². The minimum Gasteiger partial charge on any atom is -0.478 e. The highest BCUT2D eigenvalue weighted by molar-refractivity contribution is 7.89. The molecular weight excluding hydrogens is 270 g/mol. The molecule has 1 aromatic rings. The quantitative estimate of drug-likeness (QED) is 0.498. The molecule has 0 amide bonds. The van der Waals surface area contributed by atoms with Crippen LogP contribution in [0.25, 0.3) is 6.08 Å². The van der Waals surface area contributed by atoms with Gasteiger partial charge in [0.15, 0.2) is 0 Å². The Balaban J connectivity index is 2.77. The lowest BCUT2D eigenvalue weighted by Gasteiger charge is -2.06. The zero-order valence-electron chi connectivity index (χ0n) is 10.1. The lowest BCUT2D eigenvalue weighted by molar-refractivity contribution is -0.131. The molecule has 0 saturated heterocycles. The van der Waals surface area contributed by atoms with Gasteiger partial charge in [-0.25, -0.2) is 17.9 Å². The fourth-order valence-electron chi connectivity index (χ4n) is 1.29. The van der Waals surface area contributed by atoms with Crippen LogP contribution < -0.4 is 4.72 Å². The van der Waals surface area contributed by atoms with E-state index in [0.29, 0.717) is 12.0 Å². The standard InChI is InChI=1S/C12H15NO5S/c14-9-1-8-13-19(17,18)11-5-2-10(3-6-11)4-7-12(15)16/h2-7,13-14H,1,8-9H2,(H,15,16)/b7-4+. The number of rotatable bonds is 7. The third-order valence-electron chi connectivity index (χ3n) is 2.24. The van der Waals surface area contributed by atoms with Crippen LogP contribution in [-0.4, -0.2) is 37.8 Å².